The van der Waals surface area contributed by atoms with Crippen molar-refractivity contribution in [2.75, 3.05) is 11.5 Å². The van der Waals surface area contributed by atoms with Gasteiger partial charge in [-0.3, -0.25) is 9.98 Å². The molecule has 0 heterocycles. The fraction of sp³-hybridized carbons (Fsp3) is 0.235. The molecule has 0 aromatic heterocycles. The van der Waals surface area contributed by atoms with Crippen molar-refractivity contribution in [3.05, 3.63) is 129 Å². The molecule has 0 radical (unpaired) electrons. The van der Waals surface area contributed by atoms with Gasteiger partial charge in [-0.25, -0.2) is 0 Å². The number of aryl methyl sites for hydroxylation is 6. The molecule has 0 unspecified atom stereocenters. The first-order chi connectivity index (χ1) is 19.2. The third kappa shape index (κ3) is 9.36. The quantitative estimate of drug-likeness (QED) is 0.140. The Morgan fingerprint density at radius 3 is 1.18 bits per heavy atom. The van der Waals surface area contributed by atoms with E-state index >= 15 is 0 Å². The molecule has 0 amide bonds. The third-order valence-corrected chi connectivity index (χ3v) is 7.41. The van der Waals surface area contributed by atoms with Gasteiger partial charge in [-0.1, -0.05) is 96.1 Å². The van der Waals surface area contributed by atoms with Gasteiger partial charge in [0.05, 0.1) is 22.8 Å². The fourth-order valence-electron chi connectivity index (χ4n) is 4.83. The first kappa shape index (κ1) is 32.2. The fourth-order valence-corrected chi connectivity index (χ4v) is 5.78. The summed E-state index contributed by atoms with van der Waals surface area (Å²) in [4.78, 5) is 10.4. The number of thioether (sulfide) groups is 1. The van der Waals surface area contributed by atoms with E-state index in [0.29, 0.717) is 0 Å². The maximum absolute atomic E-state index is 5.22. The van der Waals surface area contributed by atoms with Crippen molar-refractivity contribution in [3.63, 3.8) is 0 Å². The Morgan fingerprint density at radius 2 is 0.875 bits per heavy atom. The molecule has 0 saturated heterocycles. The molecule has 0 aliphatic heterocycles. The monoisotopic (exact) mass is 630 g/mol. The number of benzene rings is 4. The molecule has 0 atom stereocenters. The Bertz CT molecular complexity index is 1310. The van der Waals surface area contributed by atoms with E-state index in [9.17, 15) is 0 Å². The average Bonchev–Trinajstić information content (AvgIpc) is 2.92. The van der Waals surface area contributed by atoms with Crippen LogP contribution in [-0.4, -0.2) is 22.9 Å². The van der Waals surface area contributed by atoms with E-state index < -0.39 is 0 Å². The van der Waals surface area contributed by atoms with E-state index in [1.54, 1.807) is 0 Å². The average molecular weight is 631 g/mol. The van der Waals surface area contributed by atoms with E-state index in [2.05, 4.69) is 126 Å². The maximum atomic E-state index is 5.22. The topological polar surface area (TPSA) is 24.7 Å². The van der Waals surface area contributed by atoms with Gasteiger partial charge in [0.15, 0.2) is 0 Å². The molecular weight excluding hydrogens is 595 g/mol. The molecule has 0 fully saturated rings. The number of rotatable bonds is 8. The molecule has 0 N–H and O–H groups in total. The predicted octanol–water partition coefficient (Wildman–Crippen LogP) is 10.6. The molecule has 4 aromatic carbocycles. The van der Waals surface area contributed by atoms with Crippen molar-refractivity contribution in [1.82, 2.24) is 0 Å². The van der Waals surface area contributed by atoms with Gasteiger partial charge in [0, 0.05) is 11.5 Å². The van der Waals surface area contributed by atoms with Crippen LogP contribution in [0.5, 0.6) is 0 Å². The van der Waals surface area contributed by atoms with Crippen LogP contribution in [0.15, 0.2) is 94.9 Å². The first-order valence-corrected chi connectivity index (χ1v) is 17.3. The van der Waals surface area contributed by atoms with Crippen molar-refractivity contribution < 1.29 is 13.1 Å². The minimum atomic E-state index is 0.194. The molecule has 0 bridgehead atoms. The summed E-state index contributed by atoms with van der Waals surface area (Å²) in [7, 11) is 9.53. The van der Waals surface area contributed by atoms with Crippen molar-refractivity contribution in [2.24, 2.45) is 9.98 Å². The van der Waals surface area contributed by atoms with Crippen molar-refractivity contribution in [2.45, 2.75) is 41.5 Å². The van der Waals surface area contributed by atoms with Crippen LogP contribution in [0.3, 0.4) is 0 Å². The van der Waals surface area contributed by atoms with Crippen LogP contribution >= 0.6 is 32.0 Å². The second kappa shape index (κ2) is 16.2. The van der Waals surface area contributed by atoms with E-state index in [4.69, 9.17) is 30.2 Å². The van der Waals surface area contributed by atoms with Crippen molar-refractivity contribution >= 4 is 54.8 Å². The van der Waals surface area contributed by atoms with Gasteiger partial charge in [-0.05, 0) is 74.9 Å². The Morgan fingerprint density at radius 1 is 0.575 bits per heavy atom. The zero-order valence-electron chi connectivity index (χ0n) is 23.9. The van der Waals surface area contributed by atoms with Gasteiger partial charge < -0.3 is 0 Å². The zero-order valence-corrected chi connectivity index (χ0v) is 27.3. The van der Waals surface area contributed by atoms with Crippen LogP contribution in [0.25, 0.3) is 0 Å². The summed E-state index contributed by atoms with van der Waals surface area (Å²) in [6.45, 7) is 12.9. The zero-order chi connectivity index (χ0) is 29.1. The van der Waals surface area contributed by atoms with E-state index in [1.165, 1.54) is 33.4 Å². The molecule has 6 heteroatoms. The standard InChI is InChI=1S/C34H36N2S.2ClH.Fe/c1-23-17-25(3)33(26(4)18-23)35-31(29-13-9-7-10-14-29)21-37-22-32(30-15-11-8-12-16-30)36-34-27(5)19-24(2)20-28(34)6;;;/h7-20H,21-22H2,1-6H3;2*1H;/q;;;+2/p-2. The van der Waals surface area contributed by atoms with Crippen LogP contribution in [0, 0.1) is 41.5 Å². The molecule has 210 valence electrons. The molecule has 0 aliphatic rings. The minimum absolute atomic E-state index is 0.194. The molecule has 40 heavy (non-hydrogen) atoms. The van der Waals surface area contributed by atoms with E-state index in [1.807, 2.05) is 11.8 Å². The molecular formula is C34H36Cl2FeN2S. The molecule has 2 nitrogen and oxygen atoms in total. The van der Waals surface area contributed by atoms with Crippen molar-refractivity contribution in [3.8, 4) is 0 Å². The van der Waals surface area contributed by atoms with Crippen molar-refractivity contribution in [1.29, 1.82) is 0 Å². The van der Waals surface area contributed by atoms with E-state index in [-0.39, 0.29) is 13.1 Å². The summed E-state index contributed by atoms with van der Waals surface area (Å²) in [5, 5.41) is 0. The molecule has 4 aromatic rings. The van der Waals surface area contributed by atoms with Gasteiger partial charge in [-0.15, -0.1) is 11.8 Å². The normalized spacial score (nSPS) is 11.8. The summed E-state index contributed by atoms with van der Waals surface area (Å²) < 4.78 is 0. The summed E-state index contributed by atoms with van der Waals surface area (Å²) in [6.07, 6.45) is 0. The number of aliphatic imine (C=N–C) groups is 2. The predicted molar refractivity (Wildman–Crippen MR) is 176 cm³/mol. The van der Waals surface area contributed by atoms with E-state index in [0.717, 1.165) is 45.4 Å². The molecule has 0 aliphatic carbocycles. The Kier molecular flexibility index (Phi) is 13.0. The molecule has 0 spiro atoms. The number of halogens is 2. The Hall–Kier alpha value is -2.33. The summed E-state index contributed by atoms with van der Waals surface area (Å²) >= 11 is 2.06. The summed E-state index contributed by atoms with van der Waals surface area (Å²) in [5.74, 6) is 1.60. The van der Waals surface area contributed by atoms with Gasteiger partial charge in [0.25, 0.3) is 0 Å². The second-order valence-corrected chi connectivity index (χ2v) is 12.7. The molecule has 0 saturated carbocycles. The van der Waals surface area contributed by atoms with Gasteiger partial charge in [0.1, 0.15) is 0 Å². The Labute approximate surface area is 259 Å². The van der Waals surface area contributed by atoms with Crippen LogP contribution < -0.4 is 0 Å². The van der Waals surface area contributed by atoms with Crippen LogP contribution in [-0.2, 0) is 13.1 Å². The summed E-state index contributed by atoms with van der Waals surface area (Å²) in [6, 6.07) is 30.0. The van der Waals surface area contributed by atoms with Crippen LogP contribution in [0.1, 0.15) is 44.5 Å². The van der Waals surface area contributed by atoms with Crippen LogP contribution in [0.2, 0.25) is 0 Å². The van der Waals surface area contributed by atoms with Gasteiger partial charge in [0.2, 0.25) is 0 Å². The first-order valence-electron chi connectivity index (χ1n) is 13.1. The number of hydrogen-bond acceptors (Lipinski definition) is 3. The van der Waals surface area contributed by atoms with Crippen LogP contribution in [0.4, 0.5) is 11.4 Å². The Balaban J connectivity index is 0.00000141. The molecule has 4 rings (SSSR count). The number of nitrogens with zero attached hydrogens (tertiary/aromatic N) is 2. The third-order valence-electron chi connectivity index (χ3n) is 6.46. The SMILES string of the molecule is Cc1cc(C)c(N=C(CSCC(=Nc2c(C)cc(C)cc2C)c2ccccc2)c2ccccc2)c(C)c1.[Cl][Fe][Cl]. The number of hydrogen-bond donors (Lipinski definition) is 0. The van der Waals surface area contributed by atoms with Gasteiger partial charge >= 0.3 is 33.3 Å². The van der Waals surface area contributed by atoms with Gasteiger partial charge in [-0.2, -0.15) is 0 Å². The second-order valence-electron chi connectivity index (χ2n) is 9.89. The summed E-state index contributed by atoms with van der Waals surface area (Å²) in [5.41, 5.74) is 14.1.